The zero-order chi connectivity index (χ0) is 13.5. The quantitative estimate of drug-likeness (QED) is 0.345. The van der Waals surface area contributed by atoms with Gasteiger partial charge in [0.05, 0.1) is 6.61 Å². The SMILES string of the molecule is CCOc1cccc(N(C)CC(C)C(N)=NO)n1. The van der Waals surface area contributed by atoms with Crippen molar-refractivity contribution >= 4 is 11.7 Å². The van der Waals surface area contributed by atoms with Crippen molar-refractivity contribution in [1.82, 2.24) is 4.98 Å². The Balaban J connectivity index is 2.71. The highest BCUT2D eigenvalue weighted by Gasteiger charge is 2.12. The minimum absolute atomic E-state index is 0.0578. The van der Waals surface area contributed by atoms with E-state index in [1.165, 1.54) is 0 Å². The van der Waals surface area contributed by atoms with E-state index in [0.29, 0.717) is 19.0 Å². The highest BCUT2D eigenvalue weighted by atomic mass is 16.5. The molecule has 1 aromatic heterocycles. The van der Waals surface area contributed by atoms with Crippen LogP contribution >= 0.6 is 0 Å². The van der Waals surface area contributed by atoms with Gasteiger partial charge in [-0.1, -0.05) is 18.1 Å². The van der Waals surface area contributed by atoms with Crippen LogP contribution in [-0.2, 0) is 0 Å². The number of amidine groups is 1. The van der Waals surface area contributed by atoms with Crippen LogP contribution in [0, 0.1) is 5.92 Å². The standard InChI is InChI=1S/C12H20N4O2/c1-4-18-11-7-5-6-10(14-11)16(3)8-9(2)12(13)15-17/h5-7,9,17H,4,8H2,1-3H3,(H2,13,15). The van der Waals surface area contributed by atoms with Crippen molar-refractivity contribution in [3.63, 3.8) is 0 Å². The van der Waals surface area contributed by atoms with Gasteiger partial charge in [0.15, 0.2) is 0 Å². The molecule has 100 valence electrons. The summed E-state index contributed by atoms with van der Waals surface area (Å²) in [6.07, 6.45) is 0. The highest BCUT2D eigenvalue weighted by Crippen LogP contribution is 2.15. The second kappa shape index (κ2) is 6.68. The van der Waals surface area contributed by atoms with Gasteiger partial charge in [0.2, 0.25) is 5.88 Å². The second-order valence-corrected chi connectivity index (χ2v) is 4.07. The molecule has 1 atom stereocenters. The Morgan fingerprint density at radius 1 is 1.61 bits per heavy atom. The summed E-state index contributed by atoms with van der Waals surface area (Å²) < 4.78 is 5.34. The maximum Gasteiger partial charge on any atom is 0.215 e. The van der Waals surface area contributed by atoms with Crippen LogP contribution in [0.5, 0.6) is 5.88 Å². The topological polar surface area (TPSA) is 84.0 Å². The number of rotatable bonds is 6. The molecule has 3 N–H and O–H groups in total. The molecule has 0 radical (unpaired) electrons. The third kappa shape index (κ3) is 3.80. The lowest BCUT2D eigenvalue weighted by atomic mass is 10.1. The summed E-state index contributed by atoms with van der Waals surface area (Å²) in [5, 5.41) is 11.6. The fourth-order valence-corrected chi connectivity index (χ4v) is 1.54. The summed E-state index contributed by atoms with van der Waals surface area (Å²) in [7, 11) is 1.90. The molecule has 18 heavy (non-hydrogen) atoms. The minimum Gasteiger partial charge on any atom is -0.478 e. The number of hydrogen-bond acceptors (Lipinski definition) is 5. The molecule has 6 heteroatoms. The van der Waals surface area contributed by atoms with Crippen LogP contribution < -0.4 is 15.4 Å². The van der Waals surface area contributed by atoms with Gasteiger partial charge in [0.1, 0.15) is 11.7 Å². The summed E-state index contributed by atoms with van der Waals surface area (Å²) in [6.45, 7) is 5.00. The van der Waals surface area contributed by atoms with Gasteiger partial charge in [0, 0.05) is 25.6 Å². The minimum atomic E-state index is -0.0578. The van der Waals surface area contributed by atoms with E-state index in [1.54, 1.807) is 0 Å². The summed E-state index contributed by atoms with van der Waals surface area (Å²) in [5.41, 5.74) is 5.55. The van der Waals surface area contributed by atoms with Gasteiger partial charge in [-0.15, -0.1) is 0 Å². The highest BCUT2D eigenvalue weighted by molar-refractivity contribution is 5.82. The number of ether oxygens (including phenoxy) is 1. The Kier molecular flexibility index (Phi) is 5.23. The molecule has 0 saturated heterocycles. The Hall–Kier alpha value is -1.98. The average Bonchev–Trinajstić information content (AvgIpc) is 2.38. The molecular weight excluding hydrogens is 232 g/mol. The molecule has 1 rings (SSSR count). The first-order valence-corrected chi connectivity index (χ1v) is 5.86. The molecule has 1 heterocycles. The van der Waals surface area contributed by atoms with Crippen molar-refractivity contribution in [2.24, 2.45) is 16.8 Å². The van der Waals surface area contributed by atoms with Gasteiger partial charge in [-0.2, -0.15) is 4.98 Å². The van der Waals surface area contributed by atoms with Crippen LogP contribution in [0.4, 0.5) is 5.82 Å². The lowest BCUT2D eigenvalue weighted by molar-refractivity contribution is 0.314. The number of oxime groups is 1. The molecule has 0 saturated carbocycles. The zero-order valence-corrected chi connectivity index (χ0v) is 11.0. The van der Waals surface area contributed by atoms with Crippen molar-refractivity contribution in [1.29, 1.82) is 0 Å². The normalized spacial score (nSPS) is 13.2. The fraction of sp³-hybridized carbons (Fsp3) is 0.500. The first-order chi connectivity index (χ1) is 8.58. The fourth-order valence-electron chi connectivity index (χ4n) is 1.54. The Morgan fingerprint density at radius 2 is 2.33 bits per heavy atom. The van der Waals surface area contributed by atoms with Crippen LogP contribution in [0.2, 0.25) is 0 Å². The van der Waals surface area contributed by atoms with Crippen molar-refractivity contribution < 1.29 is 9.94 Å². The largest absolute Gasteiger partial charge is 0.478 e. The molecule has 1 aromatic rings. The zero-order valence-electron chi connectivity index (χ0n) is 11.0. The van der Waals surface area contributed by atoms with E-state index in [1.807, 2.05) is 44.0 Å². The number of nitrogens with two attached hydrogens (primary N) is 1. The molecule has 0 bridgehead atoms. The van der Waals surface area contributed by atoms with E-state index >= 15 is 0 Å². The molecule has 1 unspecified atom stereocenters. The van der Waals surface area contributed by atoms with Crippen LogP contribution in [-0.4, -0.2) is 36.2 Å². The molecule has 6 nitrogen and oxygen atoms in total. The van der Waals surface area contributed by atoms with Gasteiger partial charge < -0.3 is 20.6 Å². The Bertz CT molecular complexity index is 409. The van der Waals surface area contributed by atoms with Crippen molar-refractivity contribution in [2.45, 2.75) is 13.8 Å². The second-order valence-electron chi connectivity index (χ2n) is 4.07. The van der Waals surface area contributed by atoms with Gasteiger partial charge in [-0.3, -0.25) is 0 Å². The van der Waals surface area contributed by atoms with E-state index in [9.17, 15) is 0 Å². The van der Waals surface area contributed by atoms with Crippen molar-refractivity contribution in [2.75, 3.05) is 25.1 Å². The van der Waals surface area contributed by atoms with E-state index in [4.69, 9.17) is 15.7 Å². The van der Waals surface area contributed by atoms with E-state index in [0.717, 1.165) is 5.82 Å². The maximum absolute atomic E-state index is 8.61. The predicted octanol–water partition coefficient (Wildman–Crippen LogP) is 1.30. The summed E-state index contributed by atoms with van der Waals surface area (Å²) in [4.78, 5) is 6.30. The molecule has 0 fully saturated rings. The smallest absolute Gasteiger partial charge is 0.215 e. The van der Waals surface area contributed by atoms with Gasteiger partial charge in [-0.25, -0.2) is 0 Å². The third-order valence-corrected chi connectivity index (χ3v) is 2.56. The van der Waals surface area contributed by atoms with Crippen LogP contribution in [0.3, 0.4) is 0 Å². The van der Waals surface area contributed by atoms with Crippen LogP contribution in [0.1, 0.15) is 13.8 Å². The van der Waals surface area contributed by atoms with E-state index < -0.39 is 0 Å². The first-order valence-electron chi connectivity index (χ1n) is 5.86. The summed E-state index contributed by atoms with van der Waals surface area (Å²) in [5.74, 6) is 1.54. The number of nitrogens with zero attached hydrogens (tertiary/aromatic N) is 3. The number of aromatic nitrogens is 1. The van der Waals surface area contributed by atoms with Crippen molar-refractivity contribution in [3.8, 4) is 5.88 Å². The van der Waals surface area contributed by atoms with Crippen LogP contribution in [0.25, 0.3) is 0 Å². The molecule has 0 aromatic carbocycles. The predicted molar refractivity (Wildman–Crippen MR) is 71.2 cm³/mol. The molecular formula is C12H20N4O2. The monoisotopic (exact) mass is 252 g/mol. The van der Waals surface area contributed by atoms with Crippen molar-refractivity contribution in [3.05, 3.63) is 18.2 Å². The molecule has 0 aliphatic rings. The van der Waals surface area contributed by atoms with E-state index in [-0.39, 0.29) is 11.8 Å². The van der Waals surface area contributed by atoms with Crippen LogP contribution in [0.15, 0.2) is 23.4 Å². The van der Waals surface area contributed by atoms with Gasteiger partial charge in [0.25, 0.3) is 0 Å². The molecule has 0 aliphatic carbocycles. The van der Waals surface area contributed by atoms with Gasteiger partial charge >= 0.3 is 0 Å². The average molecular weight is 252 g/mol. The summed E-state index contributed by atoms with van der Waals surface area (Å²) in [6, 6.07) is 5.59. The lowest BCUT2D eigenvalue weighted by Crippen LogP contribution is -2.33. The lowest BCUT2D eigenvalue weighted by Gasteiger charge is -2.22. The summed E-state index contributed by atoms with van der Waals surface area (Å²) >= 11 is 0. The molecule has 0 amide bonds. The molecule has 0 aliphatic heterocycles. The number of hydrogen-bond donors (Lipinski definition) is 2. The molecule has 0 spiro atoms. The first kappa shape index (κ1) is 14.1. The Labute approximate surface area is 107 Å². The number of anilines is 1. The Morgan fingerprint density at radius 3 is 2.94 bits per heavy atom. The van der Waals surface area contributed by atoms with E-state index in [2.05, 4.69) is 10.1 Å². The maximum atomic E-state index is 8.61. The van der Waals surface area contributed by atoms with Gasteiger partial charge in [-0.05, 0) is 13.0 Å². The number of pyridine rings is 1. The third-order valence-electron chi connectivity index (χ3n) is 2.56.